The molecule has 1 aliphatic heterocycles. The second-order valence-corrected chi connectivity index (χ2v) is 4.56. The first-order chi connectivity index (χ1) is 6.35. The van der Waals surface area contributed by atoms with Crippen molar-refractivity contribution in [2.75, 3.05) is 13.6 Å². The molecule has 0 amide bonds. The van der Waals surface area contributed by atoms with E-state index in [1.807, 2.05) is 7.05 Å². The summed E-state index contributed by atoms with van der Waals surface area (Å²) in [5.41, 5.74) is 0.332. The molecule has 2 rings (SSSR count). The Balaban J connectivity index is 1.79. The molecule has 13 heavy (non-hydrogen) atoms. The average molecular weight is 183 g/mol. The van der Waals surface area contributed by atoms with Crippen LogP contribution in [0.5, 0.6) is 0 Å². The highest BCUT2D eigenvalue weighted by atomic mass is 16.5. The summed E-state index contributed by atoms with van der Waals surface area (Å²) in [4.78, 5) is 0. The van der Waals surface area contributed by atoms with Crippen LogP contribution in [0.15, 0.2) is 0 Å². The molecule has 2 aliphatic rings. The molecule has 1 saturated carbocycles. The zero-order chi connectivity index (χ0) is 9.15. The van der Waals surface area contributed by atoms with Crippen LogP contribution in [0.4, 0.5) is 0 Å². The van der Waals surface area contributed by atoms with Crippen LogP contribution in [-0.4, -0.2) is 25.3 Å². The van der Waals surface area contributed by atoms with Crippen LogP contribution < -0.4 is 5.32 Å². The highest BCUT2D eigenvalue weighted by molar-refractivity contribution is 4.92. The molecule has 1 unspecified atom stereocenters. The van der Waals surface area contributed by atoms with E-state index < -0.39 is 0 Å². The van der Waals surface area contributed by atoms with Gasteiger partial charge in [-0.2, -0.15) is 0 Å². The van der Waals surface area contributed by atoms with E-state index in [1.54, 1.807) is 0 Å². The van der Waals surface area contributed by atoms with Gasteiger partial charge in [0.05, 0.1) is 11.7 Å². The molecule has 2 heteroatoms. The largest absolute Gasteiger partial charge is 0.372 e. The van der Waals surface area contributed by atoms with Crippen LogP contribution in [-0.2, 0) is 4.74 Å². The minimum Gasteiger partial charge on any atom is -0.372 e. The van der Waals surface area contributed by atoms with Crippen LogP contribution in [0.2, 0.25) is 0 Å². The fourth-order valence-corrected chi connectivity index (χ4v) is 2.79. The third-order valence-corrected chi connectivity index (χ3v) is 3.57. The lowest BCUT2D eigenvalue weighted by atomic mass is 9.98. The molecule has 1 aliphatic carbocycles. The normalized spacial score (nSPS) is 31.6. The third kappa shape index (κ3) is 2.05. The molecule has 0 aromatic rings. The number of hydrogen-bond acceptors (Lipinski definition) is 2. The standard InChI is InChI=1S/C11H21NO/c1-12-9-5-10-4-8-11(13-10)6-2-3-7-11/h10,12H,2-9H2,1H3. The second kappa shape index (κ2) is 3.97. The van der Waals surface area contributed by atoms with E-state index in [4.69, 9.17) is 4.74 Å². The first kappa shape index (κ1) is 9.47. The molecule has 0 aromatic carbocycles. The predicted molar refractivity (Wildman–Crippen MR) is 53.8 cm³/mol. The number of nitrogens with one attached hydrogen (secondary N) is 1. The molecule has 1 spiro atoms. The fraction of sp³-hybridized carbons (Fsp3) is 1.00. The van der Waals surface area contributed by atoms with Crippen LogP contribution >= 0.6 is 0 Å². The molecule has 0 aromatic heterocycles. The first-order valence-corrected chi connectivity index (χ1v) is 5.67. The van der Waals surface area contributed by atoms with Gasteiger partial charge in [0.15, 0.2) is 0 Å². The minimum absolute atomic E-state index is 0.332. The Kier molecular flexibility index (Phi) is 2.89. The Labute approximate surface area is 81.0 Å². The molecule has 76 valence electrons. The molecule has 2 fully saturated rings. The molecule has 1 saturated heterocycles. The summed E-state index contributed by atoms with van der Waals surface area (Å²) < 4.78 is 6.17. The highest BCUT2D eigenvalue weighted by Crippen LogP contribution is 2.43. The number of hydrogen-bond donors (Lipinski definition) is 1. The quantitative estimate of drug-likeness (QED) is 0.723. The van der Waals surface area contributed by atoms with Crippen molar-refractivity contribution < 1.29 is 4.74 Å². The van der Waals surface area contributed by atoms with Gasteiger partial charge in [0.25, 0.3) is 0 Å². The molecule has 0 radical (unpaired) electrons. The SMILES string of the molecule is CNCCC1CCC2(CCCC2)O1. The molecule has 1 N–H and O–H groups in total. The summed E-state index contributed by atoms with van der Waals surface area (Å²) in [5.74, 6) is 0. The maximum Gasteiger partial charge on any atom is 0.0687 e. The van der Waals surface area contributed by atoms with Crippen molar-refractivity contribution in [1.29, 1.82) is 0 Å². The molecular formula is C11H21NO. The van der Waals surface area contributed by atoms with Gasteiger partial charge in [-0.25, -0.2) is 0 Å². The smallest absolute Gasteiger partial charge is 0.0687 e. The highest BCUT2D eigenvalue weighted by Gasteiger charge is 2.41. The number of rotatable bonds is 3. The van der Waals surface area contributed by atoms with Gasteiger partial charge in [-0.1, -0.05) is 12.8 Å². The third-order valence-electron chi connectivity index (χ3n) is 3.57. The summed E-state index contributed by atoms with van der Waals surface area (Å²) >= 11 is 0. The lowest BCUT2D eigenvalue weighted by Crippen LogP contribution is -2.26. The van der Waals surface area contributed by atoms with Crippen molar-refractivity contribution in [2.45, 2.75) is 56.7 Å². The maximum absolute atomic E-state index is 6.17. The summed E-state index contributed by atoms with van der Waals surface area (Å²) in [7, 11) is 2.01. The van der Waals surface area contributed by atoms with Gasteiger partial charge >= 0.3 is 0 Å². The Bertz CT molecular complexity index is 163. The number of ether oxygens (including phenoxy) is 1. The monoisotopic (exact) mass is 183 g/mol. The van der Waals surface area contributed by atoms with E-state index >= 15 is 0 Å². The van der Waals surface area contributed by atoms with E-state index in [9.17, 15) is 0 Å². The van der Waals surface area contributed by atoms with E-state index in [0.29, 0.717) is 11.7 Å². The Morgan fingerprint density at radius 2 is 2.08 bits per heavy atom. The topological polar surface area (TPSA) is 21.3 Å². The van der Waals surface area contributed by atoms with Gasteiger partial charge in [-0.15, -0.1) is 0 Å². The second-order valence-electron chi connectivity index (χ2n) is 4.56. The van der Waals surface area contributed by atoms with Gasteiger partial charge in [-0.05, 0) is 45.7 Å². The van der Waals surface area contributed by atoms with Gasteiger partial charge in [-0.3, -0.25) is 0 Å². The Morgan fingerprint density at radius 3 is 2.77 bits per heavy atom. The van der Waals surface area contributed by atoms with Gasteiger partial charge in [0, 0.05) is 0 Å². The summed E-state index contributed by atoms with van der Waals surface area (Å²) in [6, 6.07) is 0. The van der Waals surface area contributed by atoms with Crippen molar-refractivity contribution >= 4 is 0 Å². The molecule has 0 bridgehead atoms. The predicted octanol–water partition coefficient (Wildman–Crippen LogP) is 2.09. The van der Waals surface area contributed by atoms with Crippen molar-refractivity contribution in [1.82, 2.24) is 5.32 Å². The summed E-state index contributed by atoms with van der Waals surface area (Å²) in [5, 5.41) is 3.19. The Morgan fingerprint density at radius 1 is 1.31 bits per heavy atom. The van der Waals surface area contributed by atoms with Crippen molar-refractivity contribution in [3.05, 3.63) is 0 Å². The van der Waals surface area contributed by atoms with E-state index in [2.05, 4.69) is 5.32 Å². The van der Waals surface area contributed by atoms with E-state index in [-0.39, 0.29) is 0 Å². The fourth-order valence-electron chi connectivity index (χ4n) is 2.79. The zero-order valence-electron chi connectivity index (χ0n) is 8.64. The average Bonchev–Trinajstić information content (AvgIpc) is 2.74. The maximum atomic E-state index is 6.17. The summed E-state index contributed by atoms with van der Waals surface area (Å²) in [6.45, 7) is 1.10. The lowest BCUT2D eigenvalue weighted by molar-refractivity contribution is -0.0383. The molecule has 1 heterocycles. The Hall–Kier alpha value is -0.0800. The van der Waals surface area contributed by atoms with Crippen LogP contribution in [0.1, 0.15) is 44.9 Å². The van der Waals surface area contributed by atoms with Crippen molar-refractivity contribution in [3.8, 4) is 0 Å². The van der Waals surface area contributed by atoms with Crippen LogP contribution in [0.25, 0.3) is 0 Å². The van der Waals surface area contributed by atoms with Crippen molar-refractivity contribution in [3.63, 3.8) is 0 Å². The van der Waals surface area contributed by atoms with Gasteiger partial charge < -0.3 is 10.1 Å². The molecule has 1 atom stereocenters. The molecular weight excluding hydrogens is 162 g/mol. The van der Waals surface area contributed by atoms with Crippen LogP contribution in [0.3, 0.4) is 0 Å². The van der Waals surface area contributed by atoms with Gasteiger partial charge in [0.2, 0.25) is 0 Å². The zero-order valence-corrected chi connectivity index (χ0v) is 8.64. The molecule has 2 nitrogen and oxygen atoms in total. The van der Waals surface area contributed by atoms with E-state index in [1.165, 1.54) is 44.9 Å². The van der Waals surface area contributed by atoms with Crippen LogP contribution in [0, 0.1) is 0 Å². The van der Waals surface area contributed by atoms with Crippen molar-refractivity contribution in [2.24, 2.45) is 0 Å². The van der Waals surface area contributed by atoms with E-state index in [0.717, 1.165) is 6.54 Å². The summed E-state index contributed by atoms with van der Waals surface area (Å²) in [6.07, 6.45) is 9.77. The lowest BCUT2D eigenvalue weighted by Gasteiger charge is -2.23. The first-order valence-electron chi connectivity index (χ1n) is 5.67. The minimum atomic E-state index is 0.332. The van der Waals surface area contributed by atoms with Gasteiger partial charge in [0.1, 0.15) is 0 Å².